The van der Waals surface area contributed by atoms with E-state index in [-0.39, 0.29) is 11.7 Å². The third-order valence-electron chi connectivity index (χ3n) is 3.66. The van der Waals surface area contributed by atoms with Gasteiger partial charge in [0.1, 0.15) is 6.04 Å². The number of carbonyl (C=O) groups is 2. The van der Waals surface area contributed by atoms with Crippen molar-refractivity contribution in [1.29, 1.82) is 0 Å². The van der Waals surface area contributed by atoms with E-state index >= 15 is 0 Å². The molecule has 22 heavy (non-hydrogen) atoms. The number of anilines is 1. The molecule has 2 aromatic rings. The number of carbonyl (C=O) groups excluding carboxylic acids is 2. The van der Waals surface area contributed by atoms with E-state index < -0.39 is 11.9 Å². The lowest BCUT2D eigenvalue weighted by molar-refractivity contribution is -0.121. The molecular weight excluding hydrogens is 282 g/mol. The number of para-hydroxylation sites is 1. The highest BCUT2D eigenvalue weighted by molar-refractivity contribution is 6.02. The standard InChI is InChI=1S/C16H17N3O3/c1-11-10-14(22-18-11)15(20)17-13-8-5-9-19(16(13)21)12-6-3-2-4-7-12/h2-4,6-7,10,13H,5,8-9H2,1H3,(H,17,20)/t13-/m1/s1. The highest BCUT2D eigenvalue weighted by atomic mass is 16.5. The minimum Gasteiger partial charge on any atom is -0.351 e. The Hall–Kier alpha value is -2.63. The van der Waals surface area contributed by atoms with E-state index in [1.54, 1.807) is 17.9 Å². The number of aryl methyl sites for hydroxylation is 1. The van der Waals surface area contributed by atoms with Gasteiger partial charge in [0, 0.05) is 18.3 Å². The maximum Gasteiger partial charge on any atom is 0.290 e. The van der Waals surface area contributed by atoms with E-state index in [0.717, 1.165) is 12.1 Å². The molecule has 2 heterocycles. The molecule has 1 saturated heterocycles. The number of aromatic nitrogens is 1. The number of hydrogen-bond donors (Lipinski definition) is 1. The lowest BCUT2D eigenvalue weighted by atomic mass is 10.0. The second kappa shape index (κ2) is 6.01. The number of piperidine rings is 1. The average molecular weight is 299 g/mol. The normalized spacial score (nSPS) is 18.3. The monoisotopic (exact) mass is 299 g/mol. The van der Waals surface area contributed by atoms with Crippen LogP contribution < -0.4 is 10.2 Å². The Kier molecular flexibility index (Phi) is 3.91. The van der Waals surface area contributed by atoms with Gasteiger partial charge in [-0.2, -0.15) is 0 Å². The van der Waals surface area contributed by atoms with Gasteiger partial charge >= 0.3 is 0 Å². The van der Waals surface area contributed by atoms with E-state index in [0.29, 0.717) is 18.7 Å². The molecule has 1 atom stereocenters. The molecule has 3 rings (SSSR count). The maximum absolute atomic E-state index is 12.6. The first kappa shape index (κ1) is 14.3. The molecule has 1 N–H and O–H groups in total. The first-order valence-electron chi connectivity index (χ1n) is 7.26. The molecule has 1 aromatic heterocycles. The molecule has 0 saturated carbocycles. The molecule has 114 valence electrons. The highest BCUT2D eigenvalue weighted by Crippen LogP contribution is 2.21. The Morgan fingerprint density at radius 3 is 2.82 bits per heavy atom. The molecule has 0 radical (unpaired) electrons. The van der Waals surface area contributed by atoms with Gasteiger partial charge in [-0.05, 0) is 31.9 Å². The van der Waals surface area contributed by atoms with Crippen molar-refractivity contribution in [3.05, 3.63) is 47.9 Å². The fourth-order valence-corrected chi connectivity index (χ4v) is 2.57. The molecule has 6 heteroatoms. The van der Waals surface area contributed by atoms with Gasteiger partial charge in [-0.15, -0.1) is 0 Å². The summed E-state index contributed by atoms with van der Waals surface area (Å²) in [5.41, 5.74) is 1.48. The zero-order chi connectivity index (χ0) is 15.5. The van der Waals surface area contributed by atoms with Crippen molar-refractivity contribution in [1.82, 2.24) is 10.5 Å². The van der Waals surface area contributed by atoms with Gasteiger partial charge in [-0.3, -0.25) is 9.59 Å². The fraction of sp³-hybridized carbons (Fsp3) is 0.312. The zero-order valence-corrected chi connectivity index (χ0v) is 12.3. The molecule has 1 fully saturated rings. The quantitative estimate of drug-likeness (QED) is 0.939. The summed E-state index contributed by atoms with van der Waals surface area (Å²) in [5, 5.41) is 6.42. The predicted molar refractivity (Wildman–Crippen MR) is 80.5 cm³/mol. The second-order valence-corrected chi connectivity index (χ2v) is 5.33. The van der Waals surface area contributed by atoms with Crippen molar-refractivity contribution in [3.8, 4) is 0 Å². The molecule has 6 nitrogen and oxygen atoms in total. The van der Waals surface area contributed by atoms with Crippen molar-refractivity contribution >= 4 is 17.5 Å². The van der Waals surface area contributed by atoms with E-state index in [1.807, 2.05) is 30.3 Å². The van der Waals surface area contributed by atoms with Crippen LogP contribution in [0.15, 0.2) is 40.9 Å². The summed E-state index contributed by atoms with van der Waals surface area (Å²) in [6.07, 6.45) is 1.46. The van der Waals surface area contributed by atoms with Crippen LogP contribution in [0.1, 0.15) is 29.1 Å². The third kappa shape index (κ3) is 2.86. The summed E-state index contributed by atoms with van der Waals surface area (Å²) in [7, 11) is 0. The predicted octanol–water partition coefficient (Wildman–Crippen LogP) is 1.91. The van der Waals surface area contributed by atoms with Crippen LogP contribution in [0.2, 0.25) is 0 Å². The lowest BCUT2D eigenvalue weighted by Gasteiger charge is -2.32. The largest absolute Gasteiger partial charge is 0.351 e. The van der Waals surface area contributed by atoms with E-state index in [9.17, 15) is 9.59 Å². The average Bonchev–Trinajstić information content (AvgIpc) is 2.97. The Bertz CT molecular complexity index is 681. The minimum absolute atomic E-state index is 0.0953. The summed E-state index contributed by atoms with van der Waals surface area (Å²) < 4.78 is 4.93. The van der Waals surface area contributed by atoms with Crippen LogP contribution in [0, 0.1) is 6.92 Å². The van der Waals surface area contributed by atoms with Gasteiger partial charge in [0.15, 0.2) is 0 Å². The number of rotatable bonds is 3. The molecule has 1 aliphatic rings. The number of nitrogens with zero attached hydrogens (tertiary/aromatic N) is 2. The summed E-state index contributed by atoms with van der Waals surface area (Å²) in [6.45, 7) is 2.40. The maximum atomic E-state index is 12.6. The smallest absolute Gasteiger partial charge is 0.290 e. The van der Waals surface area contributed by atoms with Crippen molar-refractivity contribution in [2.24, 2.45) is 0 Å². The molecule has 2 amide bonds. The minimum atomic E-state index is -0.535. The van der Waals surface area contributed by atoms with Crippen molar-refractivity contribution < 1.29 is 14.1 Å². The lowest BCUT2D eigenvalue weighted by Crippen LogP contribution is -2.52. The van der Waals surface area contributed by atoms with Crippen molar-refractivity contribution in [2.75, 3.05) is 11.4 Å². The molecular formula is C16H17N3O3. The summed E-state index contributed by atoms with van der Waals surface area (Å²) >= 11 is 0. The summed E-state index contributed by atoms with van der Waals surface area (Å²) in [4.78, 5) is 26.4. The number of nitrogens with one attached hydrogen (secondary N) is 1. The van der Waals surface area contributed by atoms with Crippen LogP contribution in [0.5, 0.6) is 0 Å². The highest BCUT2D eigenvalue weighted by Gasteiger charge is 2.31. The second-order valence-electron chi connectivity index (χ2n) is 5.33. The van der Waals surface area contributed by atoms with Gasteiger partial charge in [0.2, 0.25) is 11.7 Å². The Morgan fingerprint density at radius 1 is 1.36 bits per heavy atom. The topological polar surface area (TPSA) is 75.4 Å². The van der Waals surface area contributed by atoms with Crippen molar-refractivity contribution in [3.63, 3.8) is 0 Å². The van der Waals surface area contributed by atoms with Gasteiger partial charge in [-0.1, -0.05) is 23.4 Å². The molecule has 0 aliphatic carbocycles. The van der Waals surface area contributed by atoms with Gasteiger partial charge in [-0.25, -0.2) is 0 Å². The first-order valence-corrected chi connectivity index (χ1v) is 7.26. The molecule has 0 spiro atoms. The van der Waals surface area contributed by atoms with Crippen LogP contribution in [0.25, 0.3) is 0 Å². The molecule has 0 bridgehead atoms. The number of hydrogen-bond acceptors (Lipinski definition) is 4. The first-order chi connectivity index (χ1) is 10.6. The molecule has 1 aliphatic heterocycles. The Balaban J connectivity index is 1.72. The van der Waals surface area contributed by atoms with Crippen LogP contribution in [0.3, 0.4) is 0 Å². The Labute approximate surface area is 128 Å². The fourth-order valence-electron chi connectivity index (χ4n) is 2.57. The van der Waals surface area contributed by atoms with Crippen LogP contribution >= 0.6 is 0 Å². The number of amides is 2. The Morgan fingerprint density at radius 2 is 2.14 bits per heavy atom. The molecule has 1 aromatic carbocycles. The van der Waals surface area contributed by atoms with Crippen LogP contribution in [0.4, 0.5) is 5.69 Å². The van der Waals surface area contributed by atoms with E-state index in [2.05, 4.69) is 10.5 Å². The summed E-state index contributed by atoms with van der Waals surface area (Å²) in [6, 6.07) is 10.5. The molecule has 0 unspecified atom stereocenters. The zero-order valence-electron chi connectivity index (χ0n) is 12.3. The number of benzene rings is 1. The summed E-state index contributed by atoms with van der Waals surface area (Å²) in [5.74, 6) is -0.377. The van der Waals surface area contributed by atoms with Gasteiger partial charge in [0.25, 0.3) is 5.91 Å². The van der Waals surface area contributed by atoms with E-state index in [4.69, 9.17) is 4.52 Å². The third-order valence-corrected chi connectivity index (χ3v) is 3.66. The van der Waals surface area contributed by atoms with Crippen LogP contribution in [-0.2, 0) is 4.79 Å². The van der Waals surface area contributed by atoms with Gasteiger partial charge < -0.3 is 14.7 Å². The SMILES string of the molecule is Cc1cc(C(=O)N[C@@H]2CCCN(c3ccccc3)C2=O)on1. The van der Waals surface area contributed by atoms with Gasteiger partial charge in [0.05, 0.1) is 5.69 Å². The van der Waals surface area contributed by atoms with E-state index in [1.165, 1.54) is 0 Å². The van der Waals surface area contributed by atoms with Crippen molar-refractivity contribution in [2.45, 2.75) is 25.8 Å². The van der Waals surface area contributed by atoms with Crippen LogP contribution in [-0.4, -0.2) is 29.6 Å².